The summed E-state index contributed by atoms with van der Waals surface area (Å²) in [5.41, 5.74) is 0.696. The molecule has 8 heteroatoms. The van der Waals surface area contributed by atoms with E-state index in [0.29, 0.717) is 17.1 Å². The van der Waals surface area contributed by atoms with Crippen LogP contribution in [-0.4, -0.2) is 46.3 Å². The average molecular weight is 252 g/mol. The third-order valence-electron chi connectivity index (χ3n) is 2.11. The van der Waals surface area contributed by atoms with Crippen molar-refractivity contribution in [1.29, 1.82) is 0 Å². The smallest absolute Gasteiger partial charge is 0.263 e. The van der Waals surface area contributed by atoms with E-state index in [-0.39, 0.29) is 5.91 Å². The van der Waals surface area contributed by atoms with Crippen molar-refractivity contribution in [3.8, 4) is 5.69 Å². The Morgan fingerprint density at radius 3 is 3.12 bits per heavy atom. The van der Waals surface area contributed by atoms with Crippen LogP contribution >= 0.6 is 11.3 Å². The van der Waals surface area contributed by atoms with E-state index in [0.717, 1.165) is 6.54 Å². The van der Waals surface area contributed by atoms with E-state index < -0.39 is 0 Å². The third kappa shape index (κ3) is 2.66. The van der Waals surface area contributed by atoms with Gasteiger partial charge in [0.1, 0.15) is 11.2 Å². The molecule has 0 radical (unpaired) electrons. The highest BCUT2D eigenvalue weighted by molar-refractivity contribution is 7.12. The zero-order valence-corrected chi connectivity index (χ0v) is 10.1. The van der Waals surface area contributed by atoms with Gasteiger partial charge in [-0.05, 0) is 28.9 Å². The number of carbonyl (C=O) groups is 1. The second-order valence-corrected chi connectivity index (χ2v) is 4.16. The number of likely N-dealkylation sites (N-methyl/N-ethyl adjacent to an activating group) is 1. The molecular weight excluding hydrogens is 240 g/mol. The second kappa shape index (κ2) is 5.51. The summed E-state index contributed by atoms with van der Waals surface area (Å²) in [5.74, 6) is -0.110. The van der Waals surface area contributed by atoms with Gasteiger partial charge in [0.15, 0.2) is 0 Å². The molecule has 2 aromatic heterocycles. The molecule has 0 saturated carbocycles. The number of hydrogen-bond donors (Lipinski definition) is 2. The summed E-state index contributed by atoms with van der Waals surface area (Å²) in [6, 6.07) is 1.81. The number of carbonyl (C=O) groups excluding carboxylic acids is 1. The molecule has 0 fully saturated rings. The third-order valence-corrected chi connectivity index (χ3v) is 3.01. The molecule has 0 aromatic carbocycles. The van der Waals surface area contributed by atoms with Gasteiger partial charge in [-0.3, -0.25) is 4.79 Å². The Bertz CT molecular complexity index is 479. The first kappa shape index (κ1) is 11.7. The summed E-state index contributed by atoms with van der Waals surface area (Å²) in [5, 5.41) is 18.5. The summed E-state index contributed by atoms with van der Waals surface area (Å²) in [7, 11) is 1.84. The number of nitrogens with one attached hydrogen (secondary N) is 2. The molecule has 0 unspecified atom stereocenters. The predicted molar refractivity (Wildman–Crippen MR) is 63.3 cm³/mol. The highest BCUT2D eigenvalue weighted by atomic mass is 32.1. The fourth-order valence-electron chi connectivity index (χ4n) is 1.31. The lowest BCUT2D eigenvalue weighted by Gasteiger charge is -2.04. The van der Waals surface area contributed by atoms with E-state index in [2.05, 4.69) is 26.2 Å². The molecule has 0 atom stereocenters. The van der Waals surface area contributed by atoms with Gasteiger partial charge < -0.3 is 10.6 Å². The van der Waals surface area contributed by atoms with E-state index in [1.165, 1.54) is 22.3 Å². The van der Waals surface area contributed by atoms with Crippen molar-refractivity contribution in [3.05, 3.63) is 22.7 Å². The minimum absolute atomic E-state index is 0.110. The number of rotatable bonds is 5. The van der Waals surface area contributed by atoms with E-state index in [1.54, 1.807) is 0 Å². The van der Waals surface area contributed by atoms with Crippen LogP contribution in [0.15, 0.2) is 17.8 Å². The molecule has 0 aliphatic heterocycles. The van der Waals surface area contributed by atoms with Crippen LogP contribution in [-0.2, 0) is 0 Å². The fourth-order valence-corrected chi connectivity index (χ4v) is 2.10. The standard InChI is InChI=1S/C9H12N6OS/c1-10-3-4-11-9(16)8-7(2-5-17-8)15-6-12-13-14-15/h2,5-6,10H,3-4H2,1H3,(H,11,16). The van der Waals surface area contributed by atoms with Gasteiger partial charge in [0, 0.05) is 13.1 Å². The van der Waals surface area contributed by atoms with Crippen molar-refractivity contribution in [1.82, 2.24) is 30.8 Å². The molecule has 0 aliphatic rings. The predicted octanol–water partition coefficient (Wildman–Crippen LogP) is -0.327. The molecule has 2 rings (SSSR count). The van der Waals surface area contributed by atoms with Gasteiger partial charge >= 0.3 is 0 Å². The topological polar surface area (TPSA) is 84.7 Å². The Labute approximate surface area is 102 Å². The highest BCUT2D eigenvalue weighted by Gasteiger charge is 2.14. The zero-order valence-electron chi connectivity index (χ0n) is 9.25. The Morgan fingerprint density at radius 1 is 1.53 bits per heavy atom. The number of aromatic nitrogens is 4. The Kier molecular flexibility index (Phi) is 3.78. The molecule has 0 bridgehead atoms. The molecule has 2 N–H and O–H groups in total. The van der Waals surface area contributed by atoms with Crippen molar-refractivity contribution in [3.63, 3.8) is 0 Å². The van der Waals surface area contributed by atoms with Crippen molar-refractivity contribution in [2.24, 2.45) is 0 Å². The largest absolute Gasteiger partial charge is 0.350 e. The first-order valence-corrected chi connectivity index (χ1v) is 5.94. The number of hydrogen-bond acceptors (Lipinski definition) is 6. The molecule has 0 aliphatic carbocycles. The van der Waals surface area contributed by atoms with Gasteiger partial charge in [0.2, 0.25) is 0 Å². The molecule has 7 nitrogen and oxygen atoms in total. The maximum Gasteiger partial charge on any atom is 0.263 e. The van der Waals surface area contributed by atoms with Gasteiger partial charge in [0.25, 0.3) is 5.91 Å². The van der Waals surface area contributed by atoms with Crippen LogP contribution in [0.4, 0.5) is 0 Å². The van der Waals surface area contributed by atoms with Crippen LogP contribution in [0, 0.1) is 0 Å². The highest BCUT2D eigenvalue weighted by Crippen LogP contribution is 2.19. The first-order valence-electron chi connectivity index (χ1n) is 5.06. The summed E-state index contributed by atoms with van der Waals surface area (Å²) in [6.45, 7) is 1.32. The van der Waals surface area contributed by atoms with Crippen molar-refractivity contribution in [2.75, 3.05) is 20.1 Å². The maximum absolute atomic E-state index is 11.9. The van der Waals surface area contributed by atoms with Gasteiger partial charge in [0.05, 0.1) is 5.69 Å². The normalized spacial score (nSPS) is 10.4. The van der Waals surface area contributed by atoms with Crippen molar-refractivity contribution in [2.45, 2.75) is 0 Å². The molecule has 0 saturated heterocycles. The maximum atomic E-state index is 11.9. The zero-order chi connectivity index (χ0) is 12.1. The molecule has 2 heterocycles. The van der Waals surface area contributed by atoms with Crippen LogP contribution in [0.25, 0.3) is 5.69 Å². The van der Waals surface area contributed by atoms with E-state index in [4.69, 9.17) is 0 Å². The second-order valence-electron chi connectivity index (χ2n) is 3.25. The Morgan fingerprint density at radius 2 is 2.41 bits per heavy atom. The summed E-state index contributed by atoms with van der Waals surface area (Å²) in [4.78, 5) is 12.5. The molecule has 0 spiro atoms. The van der Waals surface area contributed by atoms with Crippen LogP contribution in [0.1, 0.15) is 9.67 Å². The van der Waals surface area contributed by atoms with Gasteiger partial charge in [-0.25, -0.2) is 0 Å². The molecule has 2 aromatic rings. The van der Waals surface area contributed by atoms with E-state index >= 15 is 0 Å². The lowest BCUT2D eigenvalue weighted by Crippen LogP contribution is -2.30. The van der Waals surface area contributed by atoms with Crippen LogP contribution < -0.4 is 10.6 Å². The fraction of sp³-hybridized carbons (Fsp3) is 0.333. The Hall–Kier alpha value is -1.80. The SMILES string of the molecule is CNCCNC(=O)c1sccc1-n1cnnn1. The molecule has 90 valence electrons. The van der Waals surface area contributed by atoms with Gasteiger partial charge in [-0.2, -0.15) is 4.68 Å². The van der Waals surface area contributed by atoms with E-state index in [1.807, 2.05) is 18.5 Å². The minimum atomic E-state index is -0.110. The van der Waals surface area contributed by atoms with Gasteiger partial charge in [-0.1, -0.05) is 0 Å². The van der Waals surface area contributed by atoms with Crippen LogP contribution in [0.3, 0.4) is 0 Å². The Balaban J connectivity index is 2.11. The van der Waals surface area contributed by atoms with Gasteiger partial charge in [-0.15, -0.1) is 16.4 Å². The van der Waals surface area contributed by atoms with Crippen LogP contribution in [0.2, 0.25) is 0 Å². The lowest BCUT2D eigenvalue weighted by molar-refractivity contribution is 0.0958. The van der Waals surface area contributed by atoms with E-state index in [9.17, 15) is 4.79 Å². The summed E-state index contributed by atoms with van der Waals surface area (Å²) >= 11 is 1.37. The number of nitrogens with zero attached hydrogens (tertiary/aromatic N) is 4. The quantitative estimate of drug-likeness (QED) is 0.712. The van der Waals surface area contributed by atoms with Crippen molar-refractivity contribution >= 4 is 17.2 Å². The molecular formula is C9H12N6OS. The van der Waals surface area contributed by atoms with Crippen LogP contribution in [0.5, 0.6) is 0 Å². The summed E-state index contributed by atoms with van der Waals surface area (Å²) < 4.78 is 1.48. The number of thiophene rings is 1. The first-order chi connectivity index (χ1) is 8.33. The lowest BCUT2D eigenvalue weighted by atomic mass is 10.3. The number of amides is 1. The monoisotopic (exact) mass is 252 g/mol. The summed E-state index contributed by atoms with van der Waals surface area (Å²) in [6.07, 6.45) is 1.46. The average Bonchev–Trinajstić information content (AvgIpc) is 2.99. The molecule has 17 heavy (non-hydrogen) atoms. The molecule has 1 amide bonds. The minimum Gasteiger partial charge on any atom is -0.350 e. The van der Waals surface area contributed by atoms with Crippen molar-refractivity contribution < 1.29 is 4.79 Å². The number of tetrazole rings is 1.